The van der Waals surface area contributed by atoms with E-state index in [1.54, 1.807) is 0 Å². The van der Waals surface area contributed by atoms with Gasteiger partial charge in [-0.1, -0.05) is 17.7 Å². The van der Waals surface area contributed by atoms with Gasteiger partial charge in [0.05, 0.1) is 12.2 Å². The normalized spacial score (nSPS) is 16.9. The second-order valence-corrected chi connectivity index (χ2v) is 5.78. The quantitative estimate of drug-likeness (QED) is 0.942. The van der Waals surface area contributed by atoms with Gasteiger partial charge in [0.15, 0.2) is 6.61 Å². The molecule has 1 N–H and O–H groups in total. The lowest BCUT2D eigenvalue weighted by molar-refractivity contribution is -0.123. The van der Waals surface area contributed by atoms with E-state index < -0.39 is 0 Å². The minimum Gasteiger partial charge on any atom is -0.484 e. The van der Waals surface area contributed by atoms with Gasteiger partial charge in [-0.3, -0.25) is 9.48 Å². The topological polar surface area (TPSA) is 56.1 Å². The summed E-state index contributed by atoms with van der Waals surface area (Å²) in [6.07, 6.45) is 4.91. The number of ether oxygens (including phenoxy) is 1. The lowest BCUT2D eigenvalue weighted by Crippen LogP contribution is -2.34. The van der Waals surface area contributed by atoms with E-state index in [0.29, 0.717) is 5.75 Å². The summed E-state index contributed by atoms with van der Waals surface area (Å²) in [5, 5.41) is 7.34. The Labute approximate surface area is 130 Å². The molecule has 1 aromatic heterocycles. The molecule has 1 aliphatic rings. The number of fused-ring (bicyclic) bond motifs is 1. The zero-order valence-corrected chi connectivity index (χ0v) is 13.0. The molecule has 0 saturated heterocycles. The maximum Gasteiger partial charge on any atom is 0.258 e. The fourth-order valence-electron chi connectivity index (χ4n) is 2.88. The first kappa shape index (κ1) is 14.6. The van der Waals surface area contributed by atoms with Gasteiger partial charge in [-0.05, 0) is 38.3 Å². The Morgan fingerprint density at radius 1 is 1.41 bits per heavy atom. The Balaban J connectivity index is 1.57. The van der Waals surface area contributed by atoms with Crippen molar-refractivity contribution in [3.63, 3.8) is 0 Å². The summed E-state index contributed by atoms with van der Waals surface area (Å²) in [4.78, 5) is 12.1. The van der Waals surface area contributed by atoms with Crippen molar-refractivity contribution in [2.24, 2.45) is 7.05 Å². The monoisotopic (exact) mass is 299 g/mol. The van der Waals surface area contributed by atoms with Gasteiger partial charge in [0.2, 0.25) is 0 Å². The third-order valence-corrected chi connectivity index (χ3v) is 4.10. The molecule has 0 saturated carbocycles. The molecule has 0 bridgehead atoms. The van der Waals surface area contributed by atoms with Crippen LogP contribution in [-0.4, -0.2) is 22.3 Å². The molecule has 5 nitrogen and oxygen atoms in total. The summed E-state index contributed by atoms with van der Waals surface area (Å²) in [5.41, 5.74) is 3.52. The van der Waals surface area contributed by atoms with Crippen molar-refractivity contribution >= 4 is 5.91 Å². The lowest BCUT2D eigenvalue weighted by Gasteiger charge is -2.23. The largest absolute Gasteiger partial charge is 0.484 e. The predicted octanol–water partition coefficient (Wildman–Crippen LogP) is 2.30. The fourth-order valence-corrected chi connectivity index (χ4v) is 2.88. The number of hydrogen-bond acceptors (Lipinski definition) is 3. The van der Waals surface area contributed by atoms with Crippen LogP contribution in [0.1, 0.15) is 35.7 Å². The predicted molar refractivity (Wildman–Crippen MR) is 83.7 cm³/mol. The van der Waals surface area contributed by atoms with Crippen LogP contribution >= 0.6 is 0 Å². The standard InChI is InChI=1S/C17H21N3O2/c1-12-6-8-13(9-7-12)22-11-17(21)19-15-4-3-5-16-14(15)10-18-20(16)2/h6-10,15H,3-5,11H2,1-2H3,(H,19,21)/t15-/m0/s1. The molecular weight excluding hydrogens is 278 g/mol. The van der Waals surface area contributed by atoms with E-state index in [0.717, 1.165) is 24.8 Å². The van der Waals surface area contributed by atoms with Gasteiger partial charge in [0, 0.05) is 18.3 Å². The molecule has 0 fully saturated rings. The van der Waals surface area contributed by atoms with Crippen molar-refractivity contribution < 1.29 is 9.53 Å². The molecule has 3 rings (SSSR count). The maximum atomic E-state index is 12.1. The van der Waals surface area contributed by atoms with E-state index in [-0.39, 0.29) is 18.6 Å². The highest BCUT2D eigenvalue weighted by Gasteiger charge is 2.24. The van der Waals surface area contributed by atoms with E-state index in [2.05, 4.69) is 10.4 Å². The summed E-state index contributed by atoms with van der Waals surface area (Å²) in [6, 6.07) is 7.74. The van der Waals surface area contributed by atoms with E-state index in [1.165, 1.54) is 11.3 Å². The van der Waals surface area contributed by atoms with Gasteiger partial charge < -0.3 is 10.1 Å². The fraction of sp³-hybridized carbons (Fsp3) is 0.412. The average molecular weight is 299 g/mol. The summed E-state index contributed by atoms with van der Waals surface area (Å²) in [7, 11) is 1.95. The summed E-state index contributed by atoms with van der Waals surface area (Å²) in [6.45, 7) is 2.06. The number of carbonyl (C=O) groups is 1. The van der Waals surface area contributed by atoms with Gasteiger partial charge in [0.1, 0.15) is 5.75 Å². The van der Waals surface area contributed by atoms with Crippen molar-refractivity contribution in [3.8, 4) is 5.75 Å². The zero-order valence-electron chi connectivity index (χ0n) is 13.0. The number of benzene rings is 1. The highest BCUT2D eigenvalue weighted by atomic mass is 16.5. The third-order valence-electron chi connectivity index (χ3n) is 4.10. The van der Waals surface area contributed by atoms with Crippen LogP contribution in [0.2, 0.25) is 0 Å². The van der Waals surface area contributed by atoms with Gasteiger partial charge in [-0.15, -0.1) is 0 Å². The number of hydrogen-bond donors (Lipinski definition) is 1. The van der Waals surface area contributed by atoms with E-state index in [1.807, 2.05) is 49.1 Å². The molecule has 1 amide bonds. The first-order chi connectivity index (χ1) is 10.6. The number of aryl methyl sites for hydroxylation is 2. The molecule has 1 aliphatic carbocycles. The molecule has 0 unspecified atom stereocenters. The molecule has 1 aromatic carbocycles. The van der Waals surface area contributed by atoms with E-state index in [4.69, 9.17) is 4.74 Å². The van der Waals surface area contributed by atoms with Crippen molar-refractivity contribution in [1.82, 2.24) is 15.1 Å². The second-order valence-electron chi connectivity index (χ2n) is 5.78. The second kappa shape index (κ2) is 6.22. The molecule has 0 radical (unpaired) electrons. The Kier molecular flexibility index (Phi) is 4.13. The van der Waals surface area contributed by atoms with Crippen LogP contribution in [0.15, 0.2) is 30.5 Å². The van der Waals surface area contributed by atoms with Gasteiger partial charge in [-0.2, -0.15) is 5.10 Å². The van der Waals surface area contributed by atoms with Crippen LogP contribution in [0.3, 0.4) is 0 Å². The SMILES string of the molecule is Cc1ccc(OCC(=O)N[C@H]2CCCc3c2cnn3C)cc1. The number of amides is 1. The van der Waals surface area contributed by atoms with Crippen LogP contribution in [0.5, 0.6) is 5.75 Å². The van der Waals surface area contributed by atoms with Gasteiger partial charge in [0.25, 0.3) is 5.91 Å². The van der Waals surface area contributed by atoms with Crippen LogP contribution in [0.4, 0.5) is 0 Å². The Morgan fingerprint density at radius 3 is 2.95 bits per heavy atom. The molecule has 1 atom stereocenters. The Bertz CT molecular complexity index is 661. The van der Waals surface area contributed by atoms with Crippen LogP contribution in [0.25, 0.3) is 0 Å². The van der Waals surface area contributed by atoms with Crippen molar-refractivity contribution in [1.29, 1.82) is 0 Å². The number of nitrogens with zero attached hydrogens (tertiary/aromatic N) is 2. The summed E-state index contributed by atoms with van der Waals surface area (Å²) >= 11 is 0. The molecule has 0 aliphatic heterocycles. The Hall–Kier alpha value is -2.30. The van der Waals surface area contributed by atoms with Gasteiger partial charge >= 0.3 is 0 Å². The lowest BCUT2D eigenvalue weighted by atomic mass is 9.93. The third kappa shape index (κ3) is 3.13. The van der Waals surface area contributed by atoms with Crippen molar-refractivity contribution in [2.75, 3.05) is 6.61 Å². The number of rotatable bonds is 4. The van der Waals surface area contributed by atoms with Crippen LogP contribution < -0.4 is 10.1 Å². The minimum atomic E-state index is -0.0951. The highest BCUT2D eigenvalue weighted by molar-refractivity contribution is 5.78. The minimum absolute atomic E-state index is 0.0369. The highest BCUT2D eigenvalue weighted by Crippen LogP contribution is 2.28. The molecular formula is C17H21N3O2. The first-order valence-corrected chi connectivity index (χ1v) is 7.63. The van der Waals surface area contributed by atoms with Crippen LogP contribution in [-0.2, 0) is 18.3 Å². The summed E-state index contributed by atoms with van der Waals surface area (Å²) in [5.74, 6) is 0.619. The van der Waals surface area contributed by atoms with E-state index >= 15 is 0 Å². The number of nitrogens with one attached hydrogen (secondary N) is 1. The summed E-state index contributed by atoms with van der Waals surface area (Å²) < 4.78 is 7.42. The zero-order chi connectivity index (χ0) is 15.5. The molecule has 116 valence electrons. The molecule has 1 heterocycles. The smallest absolute Gasteiger partial charge is 0.258 e. The number of aromatic nitrogens is 2. The molecule has 22 heavy (non-hydrogen) atoms. The van der Waals surface area contributed by atoms with Crippen molar-refractivity contribution in [2.45, 2.75) is 32.2 Å². The molecule has 5 heteroatoms. The van der Waals surface area contributed by atoms with Gasteiger partial charge in [-0.25, -0.2) is 0 Å². The number of carbonyl (C=O) groups excluding carboxylic acids is 1. The molecule has 2 aromatic rings. The van der Waals surface area contributed by atoms with E-state index in [9.17, 15) is 4.79 Å². The van der Waals surface area contributed by atoms with Crippen LogP contribution in [0, 0.1) is 6.92 Å². The molecule has 0 spiro atoms. The van der Waals surface area contributed by atoms with Crippen molar-refractivity contribution in [3.05, 3.63) is 47.3 Å². The Morgan fingerprint density at radius 2 is 2.18 bits per heavy atom. The first-order valence-electron chi connectivity index (χ1n) is 7.63. The maximum absolute atomic E-state index is 12.1. The average Bonchev–Trinajstić information content (AvgIpc) is 2.90.